The van der Waals surface area contributed by atoms with Crippen molar-refractivity contribution < 1.29 is 0 Å². The van der Waals surface area contributed by atoms with Gasteiger partial charge in [0.05, 0.1) is 0 Å². The summed E-state index contributed by atoms with van der Waals surface area (Å²) in [6.07, 6.45) is 3.65. The summed E-state index contributed by atoms with van der Waals surface area (Å²) in [5.41, 5.74) is 0. The normalized spacial score (nSPS) is 6.00. The molecule has 0 saturated carbocycles. The van der Waals surface area contributed by atoms with Crippen molar-refractivity contribution in [3.05, 3.63) is 14.4 Å². The first-order valence-corrected chi connectivity index (χ1v) is 2.21. The van der Waals surface area contributed by atoms with Crippen LogP contribution < -0.4 is 0 Å². The Hall–Kier alpha value is 1.26. The quantitative estimate of drug-likeness (QED) is 0.392. The zero-order valence-corrected chi connectivity index (χ0v) is 7.74. The maximum absolute atomic E-state index is 3.68. The summed E-state index contributed by atoms with van der Waals surface area (Å²) in [7, 11) is 0. The van der Waals surface area contributed by atoms with Crippen LogP contribution in [0.4, 0.5) is 0 Å². The van der Waals surface area contributed by atoms with Crippen molar-refractivity contribution >= 4 is 37.7 Å². The fraction of sp³-hybridized carbons (Fsp3) is 0.667. The molecule has 0 saturated heterocycles. The van der Waals surface area contributed by atoms with Gasteiger partial charge in [0.15, 0.2) is 0 Å². The molecule has 0 unspecified atom stereocenters. The Morgan fingerprint density at radius 2 is 1.86 bits per heavy atom. The Labute approximate surface area is 77.7 Å². The second-order valence-electron chi connectivity index (χ2n) is 1.21. The Kier molecular flexibility index (Phi) is 35.2. The van der Waals surface area contributed by atoms with E-state index in [1.807, 2.05) is 0 Å². The summed E-state index contributed by atoms with van der Waals surface area (Å²) in [6, 6.07) is 0. The number of rotatable bonds is 2. The molecule has 0 bridgehead atoms. The van der Waals surface area contributed by atoms with Crippen LogP contribution in [-0.4, -0.2) is 37.7 Å². The van der Waals surface area contributed by atoms with Gasteiger partial charge in [-0.25, -0.2) is 0 Å². The molecule has 0 nitrogen and oxygen atoms in total. The van der Waals surface area contributed by atoms with E-state index in [0.29, 0.717) is 0 Å². The molecule has 40 valence electrons. The maximum atomic E-state index is 3.68. The predicted molar refractivity (Wildman–Crippen MR) is 37.0 cm³/mol. The molecule has 0 fully saturated rings. The SMILES string of the molecule is [CH2-]CCCC.[CH3-].[Ca+2]. The average Bonchev–Trinajstić information content (AvgIpc) is 1.41. The monoisotopic (exact) mass is 126 g/mol. The van der Waals surface area contributed by atoms with E-state index in [-0.39, 0.29) is 45.2 Å². The third-order valence-electron chi connectivity index (χ3n) is 0.604. The third-order valence-corrected chi connectivity index (χ3v) is 0.604. The Bertz CT molecular complexity index is 11.7. The van der Waals surface area contributed by atoms with E-state index >= 15 is 0 Å². The van der Waals surface area contributed by atoms with Gasteiger partial charge in [-0.05, 0) is 0 Å². The van der Waals surface area contributed by atoms with Gasteiger partial charge in [-0.3, -0.25) is 0 Å². The predicted octanol–water partition coefficient (Wildman–Crippen LogP) is 2.08. The van der Waals surface area contributed by atoms with Crippen LogP contribution in [0, 0.1) is 14.4 Å². The number of hydrogen-bond donors (Lipinski definition) is 0. The van der Waals surface area contributed by atoms with Crippen LogP contribution in [0.1, 0.15) is 26.2 Å². The van der Waals surface area contributed by atoms with E-state index in [4.69, 9.17) is 0 Å². The van der Waals surface area contributed by atoms with Crippen molar-refractivity contribution in [3.8, 4) is 0 Å². The van der Waals surface area contributed by atoms with Crippen LogP contribution in [0.2, 0.25) is 0 Å². The van der Waals surface area contributed by atoms with Crippen molar-refractivity contribution in [1.82, 2.24) is 0 Å². The summed E-state index contributed by atoms with van der Waals surface area (Å²) < 4.78 is 0. The summed E-state index contributed by atoms with van der Waals surface area (Å²) >= 11 is 0. The summed E-state index contributed by atoms with van der Waals surface area (Å²) in [5.74, 6) is 0. The number of unbranched alkanes of at least 4 members (excludes halogenated alkanes) is 2. The summed E-state index contributed by atoms with van der Waals surface area (Å²) in [6.45, 7) is 5.85. The average molecular weight is 126 g/mol. The minimum absolute atomic E-state index is 0. The first-order valence-electron chi connectivity index (χ1n) is 2.21. The van der Waals surface area contributed by atoms with Gasteiger partial charge < -0.3 is 14.4 Å². The van der Waals surface area contributed by atoms with Crippen LogP contribution >= 0.6 is 0 Å². The topological polar surface area (TPSA) is 0 Å². The molecule has 0 atom stereocenters. The molecule has 0 aliphatic carbocycles. The van der Waals surface area contributed by atoms with Crippen LogP contribution in [0.5, 0.6) is 0 Å². The van der Waals surface area contributed by atoms with Crippen LogP contribution in [-0.2, 0) is 0 Å². The van der Waals surface area contributed by atoms with Crippen molar-refractivity contribution in [2.45, 2.75) is 26.2 Å². The largest absolute Gasteiger partial charge is 2.00 e. The van der Waals surface area contributed by atoms with Gasteiger partial charge in [-0.1, -0.05) is 19.8 Å². The molecule has 0 spiro atoms. The fourth-order valence-corrected chi connectivity index (χ4v) is 0.250. The van der Waals surface area contributed by atoms with E-state index in [9.17, 15) is 0 Å². The van der Waals surface area contributed by atoms with E-state index in [0.717, 1.165) is 6.42 Å². The van der Waals surface area contributed by atoms with Gasteiger partial charge in [0.2, 0.25) is 0 Å². The number of hydrogen-bond acceptors (Lipinski definition) is 0. The third kappa shape index (κ3) is 18.9. The summed E-state index contributed by atoms with van der Waals surface area (Å²) in [5, 5.41) is 0. The molecule has 0 aliphatic rings. The van der Waals surface area contributed by atoms with Crippen molar-refractivity contribution in [3.63, 3.8) is 0 Å². The van der Waals surface area contributed by atoms with Crippen LogP contribution in [0.3, 0.4) is 0 Å². The molecule has 1 heteroatoms. The first kappa shape index (κ1) is 15.7. The van der Waals surface area contributed by atoms with Gasteiger partial charge in [0, 0.05) is 0 Å². The Balaban J connectivity index is -0.0000000800. The minimum atomic E-state index is 0. The van der Waals surface area contributed by atoms with Gasteiger partial charge in [0.25, 0.3) is 0 Å². The molecule has 7 heavy (non-hydrogen) atoms. The molecule has 0 heterocycles. The fourth-order valence-electron chi connectivity index (χ4n) is 0.250. The minimum Gasteiger partial charge on any atom is -0.358 e. The van der Waals surface area contributed by atoms with Crippen LogP contribution in [0.25, 0.3) is 0 Å². The van der Waals surface area contributed by atoms with E-state index in [1.165, 1.54) is 12.8 Å². The zero-order valence-electron chi connectivity index (χ0n) is 5.54. The molecule has 0 N–H and O–H groups in total. The van der Waals surface area contributed by atoms with E-state index in [2.05, 4.69) is 13.8 Å². The molecular weight excluding hydrogens is 112 g/mol. The molecule has 0 aliphatic heterocycles. The second-order valence-corrected chi connectivity index (χ2v) is 1.21. The zero-order chi connectivity index (χ0) is 4.12. The molecule has 0 aromatic heterocycles. The molecule has 0 radical (unpaired) electrons. The van der Waals surface area contributed by atoms with Crippen molar-refractivity contribution in [2.75, 3.05) is 0 Å². The van der Waals surface area contributed by atoms with Gasteiger partial charge >= 0.3 is 37.7 Å². The molecule has 0 amide bonds. The van der Waals surface area contributed by atoms with Gasteiger partial charge in [-0.2, -0.15) is 6.42 Å². The first-order chi connectivity index (χ1) is 2.41. The molecule has 0 rings (SSSR count). The Morgan fingerprint density at radius 1 is 1.43 bits per heavy atom. The van der Waals surface area contributed by atoms with Crippen molar-refractivity contribution in [1.29, 1.82) is 0 Å². The van der Waals surface area contributed by atoms with Gasteiger partial charge in [0.1, 0.15) is 0 Å². The van der Waals surface area contributed by atoms with Gasteiger partial charge in [-0.15, -0.1) is 0 Å². The molecule has 0 aromatic carbocycles. The maximum Gasteiger partial charge on any atom is 2.00 e. The van der Waals surface area contributed by atoms with E-state index < -0.39 is 0 Å². The second kappa shape index (κ2) is 15.7. The standard InChI is InChI=1S/C5H11.CH3.Ca/c1-3-5-4-2;;/h1,3-5H2,2H3;1H3;/q2*-1;+2. The van der Waals surface area contributed by atoms with Crippen molar-refractivity contribution in [2.24, 2.45) is 0 Å². The molecular formula is C6H14Ca. The smallest absolute Gasteiger partial charge is 0.358 e. The molecule has 0 aromatic rings. The Morgan fingerprint density at radius 3 is 1.86 bits per heavy atom. The van der Waals surface area contributed by atoms with E-state index in [1.54, 1.807) is 0 Å². The van der Waals surface area contributed by atoms with Crippen LogP contribution in [0.15, 0.2) is 0 Å². The summed E-state index contributed by atoms with van der Waals surface area (Å²) in [4.78, 5) is 0.